The monoisotopic (exact) mass is 898 g/mol. The van der Waals surface area contributed by atoms with Gasteiger partial charge in [-0.1, -0.05) is 57.2 Å². The molecule has 1 fully saturated rings. The van der Waals surface area contributed by atoms with E-state index in [-0.39, 0.29) is 41.3 Å². The Morgan fingerprint density at radius 2 is 1.73 bits per heavy atom. The third-order valence-electron chi connectivity index (χ3n) is 10.6. The van der Waals surface area contributed by atoms with Gasteiger partial charge in [0.25, 0.3) is 5.91 Å². The second-order valence-corrected chi connectivity index (χ2v) is 19.2. The predicted octanol–water partition coefficient (Wildman–Crippen LogP) is 5.90. The molecule has 334 valence electrons. The normalized spacial score (nSPS) is 14.5. The first kappa shape index (κ1) is 46.2. The van der Waals surface area contributed by atoms with Crippen molar-refractivity contribution in [1.82, 2.24) is 35.7 Å². The zero-order chi connectivity index (χ0) is 45.3. The maximum Gasteiger partial charge on any atom is 0.254 e. The van der Waals surface area contributed by atoms with Crippen LogP contribution in [0.5, 0.6) is 5.75 Å². The molecule has 1 aliphatic heterocycles. The molecule has 0 saturated carbocycles. The lowest BCUT2D eigenvalue weighted by molar-refractivity contribution is -0.144. The summed E-state index contributed by atoms with van der Waals surface area (Å²) in [5, 5.41) is 16.0. The molecule has 1 saturated heterocycles. The van der Waals surface area contributed by atoms with Gasteiger partial charge in [0.1, 0.15) is 29.2 Å². The number of H-pyrrole nitrogens is 1. The van der Waals surface area contributed by atoms with Crippen LogP contribution >= 0.6 is 11.3 Å². The van der Waals surface area contributed by atoms with Crippen molar-refractivity contribution in [3.8, 4) is 27.4 Å². The molecular weight excluding hydrogens is 845 g/mol. The number of aromatic amines is 1. The van der Waals surface area contributed by atoms with Crippen LogP contribution in [0, 0.1) is 12.3 Å². The predicted molar refractivity (Wildman–Crippen MR) is 243 cm³/mol. The van der Waals surface area contributed by atoms with E-state index < -0.39 is 33.4 Å². The van der Waals surface area contributed by atoms with Crippen LogP contribution in [-0.4, -0.2) is 88.1 Å². The van der Waals surface area contributed by atoms with Crippen molar-refractivity contribution in [1.29, 1.82) is 0 Å². The van der Waals surface area contributed by atoms with Gasteiger partial charge >= 0.3 is 0 Å². The van der Waals surface area contributed by atoms with Crippen LogP contribution in [0.25, 0.3) is 21.7 Å². The summed E-state index contributed by atoms with van der Waals surface area (Å²) in [6.45, 7) is 10.3. The molecule has 4 amide bonds. The number of hydrogen-bond acceptors (Lipinski definition) is 12. The number of amides is 4. The van der Waals surface area contributed by atoms with E-state index in [4.69, 9.17) is 10.5 Å². The first-order valence-electron chi connectivity index (χ1n) is 20.7. The Kier molecular flexibility index (Phi) is 14.8. The number of benzene rings is 2. The van der Waals surface area contributed by atoms with Gasteiger partial charge in [-0.2, -0.15) is 5.10 Å². The highest BCUT2D eigenvalue weighted by molar-refractivity contribution is 7.92. The maximum absolute atomic E-state index is 14.0. The minimum absolute atomic E-state index is 0.0689. The standard InChI is InChI=1S/C44H54N10O7S2/c1-6-63(59,60)53-31-18-16-29(17-19-31)37-36(40(45)56)41(52-51-37)49-34-21-20-32(25-46-34)61-23-8-7-11-35(55)50-39(44(3,4)5)43(58)54-22-9-10-33(54)42(57)47-24-28-12-14-30(15-13-28)38-27(2)48-26-62-38/h12-21,25-26,33,39,53H,6-11,22-24H2,1-5H3,(H2,45,56)(H,47,57)(H,50,55)(H2,46,49,51,52)/t33-,39+/m0/s1. The van der Waals surface area contributed by atoms with Crippen molar-refractivity contribution >= 4 is 62.3 Å². The first-order chi connectivity index (χ1) is 30.0. The van der Waals surface area contributed by atoms with Gasteiger partial charge in [-0.05, 0) is 80.3 Å². The minimum atomic E-state index is -3.45. The third-order valence-corrected chi connectivity index (χ3v) is 12.9. The number of rotatable bonds is 19. The zero-order valence-corrected chi connectivity index (χ0v) is 37.6. The fourth-order valence-electron chi connectivity index (χ4n) is 7.09. The number of unbranched alkanes of at least 4 members (excludes halogenated alkanes) is 1. The third kappa shape index (κ3) is 12.0. The summed E-state index contributed by atoms with van der Waals surface area (Å²) < 4.78 is 32.1. The summed E-state index contributed by atoms with van der Waals surface area (Å²) in [4.78, 5) is 64.4. The summed E-state index contributed by atoms with van der Waals surface area (Å²) in [6.07, 6.45) is 4.02. The molecule has 0 spiro atoms. The van der Waals surface area contributed by atoms with E-state index in [2.05, 4.69) is 40.8 Å². The molecule has 4 heterocycles. The van der Waals surface area contributed by atoms with Crippen molar-refractivity contribution in [2.24, 2.45) is 11.1 Å². The number of pyridine rings is 1. The highest BCUT2D eigenvalue weighted by Crippen LogP contribution is 2.31. The quantitative estimate of drug-likeness (QED) is 0.0534. The summed E-state index contributed by atoms with van der Waals surface area (Å²) in [5.41, 5.74) is 11.3. The van der Waals surface area contributed by atoms with Crippen molar-refractivity contribution in [2.75, 3.05) is 28.9 Å². The number of hydrogen-bond donors (Lipinski definition) is 6. The Morgan fingerprint density at radius 1 is 1.00 bits per heavy atom. The topological polar surface area (TPSA) is 243 Å². The van der Waals surface area contributed by atoms with Gasteiger partial charge in [-0.25, -0.2) is 18.4 Å². The Morgan fingerprint density at radius 3 is 2.37 bits per heavy atom. The van der Waals surface area contributed by atoms with Gasteiger partial charge in [0.2, 0.25) is 27.7 Å². The molecule has 17 nitrogen and oxygen atoms in total. The fraction of sp³-hybridized carbons (Fsp3) is 0.386. The Labute approximate surface area is 371 Å². The number of primary amides is 1. The molecule has 0 unspecified atom stereocenters. The first-order valence-corrected chi connectivity index (χ1v) is 23.3. The average Bonchev–Trinajstić information content (AvgIpc) is 4.03. The van der Waals surface area contributed by atoms with Gasteiger partial charge in [0.15, 0.2) is 5.82 Å². The minimum Gasteiger partial charge on any atom is -0.492 e. The molecule has 3 aromatic heterocycles. The largest absolute Gasteiger partial charge is 0.492 e. The summed E-state index contributed by atoms with van der Waals surface area (Å²) in [5.74, 6) is -0.521. The Hall–Kier alpha value is -6.34. The molecule has 7 N–H and O–H groups in total. The van der Waals surface area contributed by atoms with Crippen LogP contribution in [0.2, 0.25) is 0 Å². The number of nitrogens with two attached hydrogens (primary N) is 1. The molecular formula is C44H54N10O7S2. The molecule has 0 bridgehead atoms. The summed E-state index contributed by atoms with van der Waals surface area (Å²) in [7, 11) is -3.45. The van der Waals surface area contributed by atoms with Gasteiger partial charge < -0.3 is 31.3 Å². The molecule has 6 rings (SSSR count). The number of thiazole rings is 1. The number of likely N-dealkylation sites (tertiary alicyclic amines) is 1. The smallest absolute Gasteiger partial charge is 0.254 e. The second kappa shape index (κ2) is 20.2. The van der Waals surface area contributed by atoms with Gasteiger partial charge in [-0.15, -0.1) is 11.3 Å². The van der Waals surface area contributed by atoms with E-state index in [0.717, 1.165) is 21.7 Å². The van der Waals surface area contributed by atoms with Crippen LogP contribution in [0.4, 0.5) is 17.3 Å². The average molecular weight is 899 g/mol. The highest BCUT2D eigenvalue weighted by atomic mass is 32.2. The Bertz CT molecular complexity index is 2500. The van der Waals surface area contributed by atoms with E-state index in [0.29, 0.717) is 73.9 Å². The number of nitrogens with one attached hydrogen (secondary N) is 5. The van der Waals surface area contributed by atoms with Gasteiger partial charge in [-0.3, -0.25) is 29.0 Å². The van der Waals surface area contributed by atoms with E-state index >= 15 is 0 Å². The van der Waals surface area contributed by atoms with Gasteiger partial charge in [0.05, 0.1) is 40.3 Å². The van der Waals surface area contributed by atoms with E-state index in [1.165, 1.54) is 13.1 Å². The molecule has 0 radical (unpaired) electrons. The highest BCUT2D eigenvalue weighted by Gasteiger charge is 2.41. The van der Waals surface area contributed by atoms with Crippen LogP contribution in [0.1, 0.15) is 81.4 Å². The zero-order valence-electron chi connectivity index (χ0n) is 36.0. The summed E-state index contributed by atoms with van der Waals surface area (Å²) >= 11 is 1.59. The maximum atomic E-state index is 14.0. The number of nitrogens with zero attached hydrogens (tertiary/aromatic N) is 4. The van der Waals surface area contributed by atoms with E-state index in [1.54, 1.807) is 52.6 Å². The van der Waals surface area contributed by atoms with Gasteiger partial charge in [0, 0.05) is 30.8 Å². The fourth-order valence-corrected chi connectivity index (χ4v) is 8.54. The van der Waals surface area contributed by atoms with Crippen LogP contribution in [0.15, 0.2) is 72.4 Å². The number of carbonyl (C=O) groups is 4. The van der Waals surface area contributed by atoms with E-state index in [9.17, 15) is 27.6 Å². The van der Waals surface area contributed by atoms with Crippen molar-refractivity contribution in [2.45, 2.75) is 85.4 Å². The number of aromatic nitrogens is 4. The number of carbonyl (C=O) groups excluding carboxylic acids is 4. The van der Waals surface area contributed by atoms with Crippen molar-refractivity contribution < 1.29 is 32.3 Å². The summed E-state index contributed by atoms with van der Waals surface area (Å²) in [6, 6.07) is 16.3. The van der Waals surface area contributed by atoms with E-state index in [1.807, 2.05) is 57.5 Å². The van der Waals surface area contributed by atoms with Crippen molar-refractivity contribution in [3.63, 3.8) is 0 Å². The number of aryl methyl sites for hydroxylation is 1. The van der Waals surface area contributed by atoms with Crippen LogP contribution < -0.4 is 31.1 Å². The lowest BCUT2D eigenvalue weighted by Crippen LogP contribution is -2.57. The molecule has 19 heteroatoms. The molecule has 0 aliphatic carbocycles. The SMILES string of the molecule is CCS(=O)(=O)Nc1ccc(-c2[nH]nc(Nc3ccc(OCCCCC(=O)N[C@H](C(=O)N4CCC[C@H]4C(=O)NCc4ccc(-c5scnc5C)cc4)C(C)(C)C)cn3)c2C(N)=O)cc1. The van der Waals surface area contributed by atoms with Crippen LogP contribution in [-0.2, 0) is 31.0 Å². The number of ether oxygens (including phenoxy) is 1. The lowest BCUT2D eigenvalue weighted by atomic mass is 9.85. The molecule has 2 aromatic carbocycles. The Balaban J connectivity index is 0.946. The van der Waals surface area contributed by atoms with Crippen molar-refractivity contribution in [3.05, 3.63) is 89.2 Å². The molecule has 1 aliphatic rings. The lowest BCUT2D eigenvalue weighted by Gasteiger charge is -2.35. The number of anilines is 3. The second-order valence-electron chi connectivity index (χ2n) is 16.3. The molecule has 63 heavy (non-hydrogen) atoms. The van der Waals surface area contributed by atoms with Crippen LogP contribution in [0.3, 0.4) is 0 Å². The number of sulfonamides is 1. The molecule has 2 atom stereocenters. The molecule has 5 aromatic rings.